The van der Waals surface area contributed by atoms with Gasteiger partial charge in [-0.2, -0.15) is 0 Å². The predicted octanol–water partition coefficient (Wildman–Crippen LogP) is 9.15. The number of aryl methyl sites for hydroxylation is 1. The van der Waals surface area contributed by atoms with Crippen LogP contribution in [-0.4, -0.2) is 42.6 Å². The standard InChI is InChI=1S/C25H47IN.C7H8O3S/c1-4-5-6-7-8-9-10-11-12-13-14-15-16-20-25(2,3)27(24-19-21-26)22-17-18-23-27;1-6-2-4-7(5-3-6)11(8,9)10/h4-18,20,22-24H2,1-3H3;2-5H,1H3,(H,8,9,10)/q+1;/p-1. The van der Waals surface area contributed by atoms with E-state index in [1.165, 1.54) is 132 Å². The monoisotopic (exact) mass is 659 g/mol. The van der Waals surface area contributed by atoms with Crippen molar-refractivity contribution >= 4 is 32.7 Å². The van der Waals surface area contributed by atoms with Crippen molar-refractivity contribution in [3.05, 3.63) is 29.8 Å². The number of likely N-dealkylation sites (tertiary alicyclic amines) is 1. The van der Waals surface area contributed by atoms with Gasteiger partial charge in [0.05, 0.1) is 23.5 Å². The van der Waals surface area contributed by atoms with Crippen LogP contribution in [0, 0.1) is 16.8 Å². The third-order valence-corrected chi connectivity index (χ3v) is 9.59. The first-order valence-electron chi connectivity index (χ1n) is 15.1. The molecule has 1 aromatic carbocycles. The topological polar surface area (TPSA) is 57.2 Å². The first-order valence-corrected chi connectivity index (χ1v) is 17.5. The van der Waals surface area contributed by atoms with Gasteiger partial charge in [0.1, 0.15) is 16.7 Å². The SMILES string of the molecule is CCCCCCCCCCCCCCCC(C)(C)[N+]1(CC#CI)CCCC1.Cc1ccc(S(=O)(=O)[O-])cc1. The molecule has 1 saturated heterocycles. The molecule has 0 spiro atoms. The molecule has 38 heavy (non-hydrogen) atoms. The number of nitrogens with zero attached hydrogens (tertiary/aromatic N) is 1. The molecule has 0 atom stereocenters. The van der Waals surface area contributed by atoms with E-state index in [-0.39, 0.29) is 4.90 Å². The van der Waals surface area contributed by atoms with Gasteiger partial charge in [-0.25, -0.2) is 8.42 Å². The molecule has 0 bridgehead atoms. The fourth-order valence-corrected chi connectivity index (χ4v) is 6.26. The van der Waals surface area contributed by atoms with Gasteiger partial charge in [0, 0.05) is 41.9 Å². The average molecular weight is 660 g/mol. The molecular formula is C32H54INO3S. The van der Waals surface area contributed by atoms with Crippen molar-refractivity contribution in [3.8, 4) is 9.85 Å². The van der Waals surface area contributed by atoms with Crippen LogP contribution in [0.25, 0.3) is 0 Å². The van der Waals surface area contributed by atoms with Crippen molar-refractivity contribution in [2.24, 2.45) is 0 Å². The quantitative estimate of drug-likeness (QED) is 0.0551. The van der Waals surface area contributed by atoms with Crippen LogP contribution in [0.2, 0.25) is 0 Å². The number of unbranched alkanes of at least 4 members (excludes halogenated alkanes) is 12. The number of rotatable bonds is 17. The van der Waals surface area contributed by atoms with Gasteiger partial charge in [-0.05, 0) is 49.2 Å². The Morgan fingerprint density at radius 1 is 0.842 bits per heavy atom. The molecule has 1 aliphatic rings. The second-order valence-corrected chi connectivity index (χ2v) is 13.7. The van der Waals surface area contributed by atoms with Crippen molar-refractivity contribution in [1.29, 1.82) is 0 Å². The highest BCUT2D eigenvalue weighted by Gasteiger charge is 2.44. The van der Waals surface area contributed by atoms with Gasteiger partial charge >= 0.3 is 0 Å². The summed E-state index contributed by atoms with van der Waals surface area (Å²) in [7, 11) is -4.27. The van der Waals surface area contributed by atoms with Crippen LogP contribution in [-0.2, 0) is 10.1 Å². The molecule has 2 rings (SSSR count). The highest BCUT2D eigenvalue weighted by atomic mass is 127. The van der Waals surface area contributed by atoms with Crippen molar-refractivity contribution in [3.63, 3.8) is 0 Å². The van der Waals surface area contributed by atoms with E-state index in [0.717, 1.165) is 12.1 Å². The lowest BCUT2D eigenvalue weighted by Crippen LogP contribution is -2.60. The molecule has 0 saturated carbocycles. The third kappa shape index (κ3) is 14.1. The summed E-state index contributed by atoms with van der Waals surface area (Å²) in [6.45, 7) is 12.9. The molecule has 0 aromatic heterocycles. The summed E-state index contributed by atoms with van der Waals surface area (Å²) in [4.78, 5) is -0.178. The summed E-state index contributed by atoms with van der Waals surface area (Å²) in [5.74, 6) is 3.40. The Morgan fingerprint density at radius 2 is 1.29 bits per heavy atom. The lowest BCUT2D eigenvalue weighted by atomic mass is 9.91. The van der Waals surface area contributed by atoms with Crippen molar-refractivity contribution in [2.45, 2.75) is 141 Å². The molecule has 0 N–H and O–H groups in total. The van der Waals surface area contributed by atoms with Crippen LogP contribution >= 0.6 is 22.6 Å². The summed E-state index contributed by atoms with van der Waals surface area (Å²) in [5, 5.41) is 0. The highest BCUT2D eigenvalue weighted by Crippen LogP contribution is 2.35. The zero-order valence-electron chi connectivity index (χ0n) is 24.7. The molecule has 0 aliphatic carbocycles. The summed E-state index contributed by atoms with van der Waals surface area (Å²) >= 11 is 2.20. The van der Waals surface area contributed by atoms with Crippen LogP contribution < -0.4 is 0 Å². The Hall–Kier alpha value is -0.620. The Morgan fingerprint density at radius 3 is 1.71 bits per heavy atom. The van der Waals surface area contributed by atoms with Crippen LogP contribution in [0.4, 0.5) is 0 Å². The minimum atomic E-state index is -4.27. The predicted molar refractivity (Wildman–Crippen MR) is 169 cm³/mol. The lowest BCUT2D eigenvalue weighted by molar-refractivity contribution is -0.956. The van der Waals surface area contributed by atoms with E-state index in [9.17, 15) is 13.0 Å². The van der Waals surface area contributed by atoms with E-state index in [1.54, 1.807) is 12.1 Å². The van der Waals surface area contributed by atoms with Gasteiger partial charge in [-0.1, -0.05) is 102 Å². The largest absolute Gasteiger partial charge is 0.744 e. The van der Waals surface area contributed by atoms with E-state index in [4.69, 9.17) is 0 Å². The fraction of sp³-hybridized carbons (Fsp3) is 0.750. The van der Waals surface area contributed by atoms with E-state index >= 15 is 0 Å². The van der Waals surface area contributed by atoms with Crippen molar-refractivity contribution < 1.29 is 17.5 Å². The van der Waals surface area contributed by atoms with E-state index in [2.05, 4.69) is 53.2 Å². The lowest BCUT2D eigenvalue weighted by Gasteiger charge is -2.47. The maximum atomic E-state index is 10.4. The van der Waals surface area contributed by atoms with Crippen LogP contribution in [0.5, 0.6) is 0 Å². The Labute approximate surface area is 249 Å². The first-order chi connectivity index (χ1) is 18.1. The van der Waals surface area contributed by atoms with Gasteiger partial charge in [0.25, 0.3) is 0 Å². The number of benzene rings is 1. The number of hydrogen-bond acceptors (Lipinski definition) is 3. The molecule has 6 heteroatoms. The second-order valence-electron chi connectivity index (χ2n) is 11.8. The third-order valence-electron chi connectivity index (χ3n) is 8.36. The normalized spacial score (nSPS) is 14.9. The Kier molecular flexibility index (Phi) is 18.1. The molecule has 0 radical (unpaired) electrons. The summed E-state index contributed by atoms with van der Waals surface area (Å²) in [6.07, 6.45) is 22.9. The van der Waals surface area contributed by atoms with Crippen molar-refractivity contribution in [1.82, 2.24) is 0 Å². The van der Waals surface area contributed by atoms with Gasteiger partial charge < -0.3 is 9.04 Å². The van der Waals surface area contributed by atoms with Crippen molar-refractivity contribution in [2.75, 3.05) is 19.6 Å². The molecule has 0 amide bonds. The minimum Gasteiger partial charge on any atom is -0.744 e. The molecule has 1 aliphatic heterocycles. The summed E-state index contributed by atoms with van der Waals surface area (Å²) in [5.41, 5.74) is 1.33. The smallest absolute Gasteiger partial charge is 0.142 e. The van der Waals surface area contributed by atoms with E-state index in [0.29, 0.717) is 5.54 Å². The van der Waals surface area contributed by atoms with Gasteiger partial charge in [0.2, 0.25) is 0 Å². The molecule has 1 aromatic rings. The zero-order valence-corrected chi connectivity index (χ0v) is 27.7. The Balaban J connectivity index is 0.000000544. The minimum absolute atomic E-state index is 0.178. The van der Waals surface area contributed by atoms with Crippen LogP contribution in [0.1, 0.15) is 129 Å². The summed E-state index contributed by atoms with van der Waals surface area (Å²) < 4.78 is 35.5. The second kappa shape index (κ2) is 19.5. The number of hydrogen-bond donors (Lipinski definition) is 0. The molecule has 0 unspecified atom stereocenters. The number of halogens is 1. The maximum absolute atomic E-state index is 10.4. The number of quaternary nitrogens is 1. The molecule has 4 nitrogen and oxygen atoms in total. The molecular weight excluding hydrogens is 605 g/mol. The fourth-order valence-electron chi connectivity index (χ4n) is 5.62. The van der Waals surface area contributed by atoms with E-state index < -0.39 is 10.1 Å². The molecule has 218 valence electrons. The first kappa shape index (κ1) is 35.4. The van der Waals surface area contributed by atoms with E-state index in [1.807, 2.05) is 6.92 Å². The Bertz CT molecular complexity index is 910. The highest BCUT2D eigenvalue weighted by molar-refractivity contribution is 14.1. The zero-order chi connectivity index (χ0) is 28.3. The average Bonchev–Trinajstić information content (AvgIpc) is 3.37. The molecule has 1 heterocycles. The summed E-state index contributed by atoms with van der Waals surface area (Å²) in [6, 6.07) is 5.78. The maximum Gasteiger partial charge on any atom is 0.142 e. The van der Waals surface area contributed by atoms with Gasteiger partial charge in [0.15, 0.2) is 0 Å². The van der Waals surface area contributed by atoms with Crippen LogP contribution in [0.15, 0.2) is 29.2 Å². The van der Waals surface area contributed by atoms with Gasteiger partial charge in [-0.3, -0.25) is 0 Å². The molecule has 1 fully saturated rings. The van der Waals surface area contributed by atoms with Crippen LogP contribution in [0.3, 0.4) is 0 Å². The van der Waals surface area contributed by atoms with Gasteiger partial charge in [-0.15, -0.1) is 0 Å².